The van der Waals surface area contributed by atoms with Crippen molar-refractivity contribution in [2.24, 2.45) is 11.8 Å². The Labute approximate surface area is 241 Å². The average Bonchev–Trinajstić information content (AvgIpc) is 2.95. The standard InChI is InChI=1S/C33H39N3O5/c1-22(2)19-29(31(38)34-28(17-18-37)23(3)4)35-32(39)30(36-33(40)41-21-24-11-6-5-7-12-24)20-26-15-10-14-25-13-8-9-16-27(25)26/h5-16,18,20,22-23,28-29H,17,19,21H2,1-4H3,(H,34,38)(H,35,39)(H,36,40)/b30-20-. The Balaban J connectivity index is 1.89. The highest BCUT2D eigenvalue weighted by Crippen LogP contribution is 2.21. The minimum absolute atomic E-state index is 0.0293. The molecule has 0 aliphatic rings. The van der Waals surface area contributed by atoms with Crippen LogP contribution in [0.25, 0.3) is 16.8 Å². The van der Waals surface area contributed by atoms with Crippen LogP contribution >= 0.6 is 0 Å². The largest absolute Gasteiger partial charge is 0.444 e. The number of rotatable bonds is 13. The minimum atomic E-state index is -0.881. The fraction of sp³-hybridized carbons (Fsp3) is 0.333. The third-order valence-corrected chi connectivity index (χ3v) is 6.63. The zero-order valence-corrected chi connectivity index (χ0v) is 24.1. The molecule has 0 bridgehead atoms. The lowest BCUT2D eigenvalue weighted by molar-refractivity contribution is -0.128. The van der Waals surface area contributed by atoms with Gasteiger partial charge in [0.25, 0.3) is 5.91 Å². The lowest BCUT2D eigenvalue weighted by Gasteiger charge is -2.26. The monoisotopic (exact) mass is 557 g/mol. The summed E-state index contributed by atoms with van der Waals surface area (Å²) in [6, 6.07) is 21.4. The zero-order chi connectivity index (χ0) is 29.8. The second-order valence-corrected chi connectivity index (χ2v) is 10.7. The summed E-state index contributed by atoms with van der Waals surface area (Å²) in [7, 11) is 0. The van der Waals surface area contributed by atoms with Crippen LogP contribution in [0.2, 0.25) is 0 Å². The van der Waals surface area contributed by atoms with E-state index in [-0.39, 0.29) is 42.5 Å². The van der Waals surface area contributed by atoms with Crippen molar-refractivity contribution in [1.82, 2.24) is 16.0 Å². The van der Waals surface area contributed by atoms with Crippen molar-refractivity contribution >= 4 is 41.0 Å². The van der Waals surface area contributed by atoms with Crippen LogP contribution in [0.5, 0.6) is 0 Å². The topological polar surface area (TPSA) is 114 Å². The second-order valence-electron chi connectivity index (χ2n) is 10.7. The maximum absolute atomic E-state index is 13.6. The molecular formula is C33H39N3O5. The van der Waals surface area contributed by atoms with Crippen LogP contribution in [0.15, 0.2) is 78.5 Å². The second kappa shape index (κ2) is 15.4. The van der Waals surface area contributed by atoms with E-state index in [1.54, 1.807) is 6.08 Å². The molecule has 3 aromatic carbocycles. The predicted molar refractivity (Wildman–Crippen MR) is 161 cm³/mol. The molecule has 0 radical (unpaired) electrons. The summed E-state index contributed by atoms with van der Waals surface area (Å²) in [5, 5.41) is 10.2. The Bertz CT molecular complexity index is 1360. The Morgan fingerprint density at radius 1 is 0.854 bits per heavy atom. The van der Waals surface area contributed by atoms with Crippen molar-refractivity contribution in [3.05, 3.63) is 89.6 Å². The van der Waals surface area contributed by atoms with E-state index in [1.165, 1.54) is 0 Å². The van der Waals surface area contributed by atoms with Crippen molar-refractivity contribution in [2.75, 3.05) is 0 Å². The molecule has 3 rings (SSSR count). The van der Waals surface area contributed by atoms with E-state index in [0.29, 0.717) is 12.0 Å². The van der Waals surface area contributed by atoms with Crippen molar-refractivity contribution in [3.63, 3.8) is 0 Å². The number of ether oxygens (including phenoxy) is 1. The molecule has 0 spiro atoms. The van der Waals surface area contributed by atoms with Crippen molar-refractivity contribution < 1.29 is 23.9 Å². The molecule has 3 N–H and O–H groups in total. The quantitative estimate of drug-likeness (QED) is 0.193. The van der Waals surface area contributed by atoms with Crippen molar-refractivity contribution in [2.45, 2.75) is 59.2 Å². The highest BCUT2D eigenvalue weighted by molar-refractivity contribution is 6.04. The number of alkyl carbamates (subject to hydrolysis) is 1. The van der Waals surface area contributed by atoms with Gasteiger partial charge in [0.2, 0.25) is 5.91 Å². The van der Waals surface area contributed by atoms with Gasteiger partial charge in [0, 0.05) is 12.5 Å². The van der Waals surface area contributed by atoms with Crippen LogP contribution in [0.3, 0.4) is 0 Å². The van der Waals surface area contributed by atoms with Gasteiger partial charge in [-0.05, 0) is 46.2 Å². The summed E-state index contributed by atoms with van der Waals surface area (Å²) >= 11 is 0. The third-order valence-electron chi connectivity index (χ3n) is 6.63. The lowest BCUT2D eigenvalue weighted by atomic mass is 9.98. The van der Waals surface area contributed by atoms with E-state index in [2.05, 4.69) is 16.0 Å². The summed E-state index contributed by atoms with van der Waals surface area (Å²) < 4.78 is 5.37. The molecule has 0 saturated heterocycles. The van der Waals surface area contributed by atoms with Crippen molar-refractivity contribution in [3.8, 4) is 0 Å². The first-order valence-electron chi connectivity index (χ1n) is 13.9. The number of benzene rings is 3. The van der Waals surface area contributed by atoms with Gasteiger partial charge in [0.15, 0.2) is 0 Å². The summed E-state index contributed by atoms with van der Waals surface area (Å²) in [5.74, 6) is -0.901. The fourth-order valence-corrected chi connectivity index (χ4v) is 4.38. The summed E-state index contributed by atoms with van der Waals surface area (Å²) in [6.07, 6.45) is 2.09. The molecule has 8 heteroatoms. The van der Waals surface area contributed by atoms with E-state index in [4.69, 9.17) is 4.74 Å². The van der Waals surface area contributed by atoms with E-state index >= 15 is 0 Å². The van der Waals surface area contributed by atoms with Gasteiger partial charge in [-0.3, -0.25) is 14.9 Å². The molecule has 0 heterocycles. The number of hydrogen-bond acceptors (Lipinski definition) is 5. The maximum Gasteiger partial charge on any atom is 0.412 e. The number of carbonyl (C=O) groups is 4. The van der Waals surface area contributed by atoms with Gasteiger partial charge in [0.05, 0.1) is 0 Å². The van der Waals surface area contributed by atoms with Gasteiger partial charge in [-0.25, -0.2) is 4.79 Å². The summed E-state index contributed by atoms with van der Waals surface area (Å²) in [6.45, 7) is 7.76. The third kappa shape index (κ3) is 9.60. The molecule has 0 aromatic heterocycles. The normalized spacial score (nSPS) is 13.0. The zero-order valence-electron chi connectivity index (χ0n) is 24.1. The smallest absolute Gasteiger partial charge is 0.412 e. The highest BCUT2D eigenvalue weighted by Gasteiger charge is 2.27. The van der Waals surface area contributed by atoms with E-state index in [0.717, 1.165) is 22.6 Å². The van der Waals surface area contributed by atoms with E-state index < -0.39 is 18.0 Å². The molecule has 0 saturated carbocycles. The number of fused-ring (bicyclic) bond motifs is 1. The Morgan fingerprint density at radius 2 is 1.54 bits per heavy atom. The fourth-order valence-electron chi connectivity index (χ4n) is 4.38. The first-order valence-corrected chi connectivity index (χ1v) is 13.9. The SMILES string of the molecule is CC(C)CC(NC(=O)/C(=C/c1cccc2ccccc12)NC(=O)OCc1ccccc1)C(=O)NC(CC=O)C(C)C. The number of carbonyl (C=O) groups excluding carboxylic acids is 4. The average molecular weight is 558 g/mol. The lowest BCUT2D eigenvalue weighted by Crippen LogP contribution is -2.52. The Kier molecular flexibility index (Phi) is 11.6. The number of amides is 3. The minimum Gasteiger partial charge on any atom is -0.444 e. The molecule has 3 amide bonds. The molecule has 2 atom stereocenters. The number of nitrogens with one attached hydrogen (secondary N) is 3. The van der Waals surface area contributed by atoms with Gasteiger partial charge >= 0.3 is 6.09 Å². The first kappa shape index (κ1) is 31.1. The van der Waals surface area contributed by atoms with Gasteiger partial charge in [0.1, 0.15) is 24.6 Å². The Hall–Kier alpha value is -4.46. The van der Waals surface area contributed by atoms with E-state index in [1.807, 2.05) is 100 Å². The van der Waals surface area contributed by atoms with Crippen LogP contribution in [-0.4, -0.2) is 36.3 Å². The summed E-state index contributed by atoms with van der Waals surface area (Å²) in [4.78, 5) is 50.9. The summed E-state index contributed by atoms with van der Waals surface area (Å²) in [5.41, 5.74) is 1.46. The Morgan fingerprint density at radius 3 is 2.22 bits per heavy atom. The van der Waals surface area contributed by atoms with Crippen LogP contribution < -0.4 is 16.0 Å². The molecular weight excluding hydrogens is 518 g/mol. The molecule has 0 fully saturated rings. The molecule has 216 valence electrons. The van der Waals surface area contributed by atoms with Crippen LogP contribution in [0.1, 0.15) is 51.7 Å². The van der Waals surface area contributed by atoms with Gasteiger partial charge < -0.3 is 20.2 Å². The molecule has 2 unspecified atom stereocenters. The van der Waals surface area contributed by atoms with Crippen LogP contribution in [-0.2, 0) is 25.7 Å². The predicted octanol–water partition coefficient (Wildman–Crippen LogP) is 5.37. The number of aldehydes is 1. The molecule has 3 aromatic rings. The molecule has 0 aliphatic carbocycles. The van der Waals surface area contributed by atoms with Crippen LogP contribution in [0.4, 0.5) is 4.79 Å². The first-order chi connectivity index (χ1) is 19.7. The molecule has 8 nitrogen and oxygen atoms in total. The maximum atomic E-state index is 13.6. The van der Waals surface area contributed by atoms with Gasteiger partial charge in [-0.15, -0.1) is 0 Å². The molecule has 41 heavy (non-hydrogen) atoms. The van der Waals surface area contributed by atoms with Crippen LogP contribution in [0, 0.1) is 11.8 Å². The van der Waals surface area contributed by atoms with E-state index in [9.17, 15) is 19.2 Å². The van der Waals surface area contributed by atoms with Crippen molar-refractivity contribution in [1.29, 1.82) is 0 Å². The highest BCUT2D eigenvalue weighted by atomic mass is 16.5. The van der Waals surface area contributed by atoms with Gasteiger partial charge in [-0.1, -0.05) is 100 Å². The number of hydrogen-bond donors (Lipinski definition) is 3. The molecule has 0 aliphatic heterocycles. The van der Waals surface area contributed by atoms with Gasteiger partial charge in [-0.2, -0.15) is 0 Å².